The van der Waals surface area contributed by atoms with Crippen molar-refractivity contribution in [3.8, 4) is 6.07 Å². The van der Waals surface area contributed by atoms with Gasteiger partial charge in [-0.2, -0.15) is 5.26 Å². The molecule has 2 heterocycles. The number of nitrogens with zero attached hydrogens (tertiary/aromatic N) is 3. The number of carbonyl (C=O) groups is 2. The van der Waals surface area contributed by atoms with Crippen LogP contribution in [0.2, 0.25) is 0 Å². The maximum atomic E-state index is 13.4. The predicted molar refractivity (Wildman–Crippen MR) is 136 cm³/mol. The highest BCUT2D eigenvalue weighted by molar-refractivity contribution is 6.43. The number of amides is 2. The SMILES string of the molecule is CC(C)(C=C(C#N)C(=O)N1C[C@@H]2C[C@@H]2[C@@H]1COC(=O)NC(Cc1ccc(F)cc1)B(O)O)N1CCOCC1. The van der Waals surface area contributed by atoms with Crippen LogP contribution in [-0.4, -0.2) is 95.9 Å². The van der Waals surface area contributed by atoms with Gasteiger partial charge in [0.15, 0.2) is 0 Å². The summed E-state index contributed by atoms with van der Waals surface area (Å²) in [6.07, 6.45) is 1.83. The van der Waals surface area contributed by atoms with E-state index in [1.807, 2.05) is 13.8 Å². The van der Waals surface area contributed by atoms with E-state index in [-0.39, 0.29) is 36.5 Å². The van der Waals surface area contributed by atoms with Crippen molar-refractivity contribution in [2.45, 2.75) is 44.2 Å². The normalized spacial score (nSPS) is 24.3. The first kappa shape index (κ1) is 28.0. The Labute approximate surface area is 222 Å². The zero-order valence-electron chi connectivity index (χ0n) is 21.7. The van der Waals surface area contributed by atoms with Gasteiger partial charge in [-0.25, -0.2) is 9.18 Å². The minimum absolute atomic E-state index is 0.0556. The Kier molecular flexibility index (Phi) is 8.73. The molecule has 2 aliphatic heterocycles. The summed E-state index contributed by atoms with van der Waals surface area (Å²) in [6, 6.07) is 7.19. The van der Waals surface area contributed by atoms with Crippen molar-refractivity contribution in [3.63, 3.8) is 0 Å². The lowest BCUT2D eigenvalue weighted by molar-refractivity contribution is -0.129. The average molecular weight is 528 g/mol. The zero-order valence-corrected chi connectivity index (χ0v) is 21.7. The standard InChI is InChI=1S/C26H34BFN4O6/c1-26(2,31-7-9-37-10-8-31)13-19(14-29)24(33)32-15-18-12-21(18)22(32)16-38-25(34)30-23(27(35)36)11-17-3-5-20(28)6-4-17/h3-6,13,18,21-23,35-36H,7-12,15-16H2,1-2H3,(H,30,34)/t18-,21-,22-,23?/m0/s1. The van der Waals surface area contributed by atoms with Gasteiger partial charge in [0.25, 0.3) is 5.91 Å². The Hall–Kier alpha value is -2.98. The zero-order chi connectivity index (χ0) is 27.4. The largest absolute Gasteiger partial charge is 0.475 e. The van der Waals surface area contributed by atoms with E-state index in [2.05, 4.69) is 16.3 Å². The lowest BCUT2D eigenvalue weighted by atomic mass is 9.76. The third-order valence-corrected chi connectivity index (χ3v) is 7.66. The number of piperidine rings is 1. The van der Waals surface area contributed by atoms with Gasteiger partial charge in [0.05, 0.1) is 25.2 Å². The molecule has 1 aromatic carbocycles. The molecule has 1 aromatic rings. The summed E-state index contributed by atoms with van der Waals surface area (Å²) < 4.78 is 24.0. The van der Waals surface area contributed by atoms with E-state index in [4.69, 9.17) is 9.47 Å². The summed E-state index contributed by atoms with van der Waals surface area (Å²) in [5, 5.41) is 31.7. The summed E-state index contributed by atoms with van der Waals surface area (Å²) in [4.78, 5) is 29.7. The number of carbonyl (C=O) groups excluding carboxylic acids is 2. The minimum Gasteiger partial charge on any atom is -0.447 e. The molecule has 0 spiro atoms. The Balaban J connectivity index is 1.36. The first-order valence-corrected chi connectivity index (χ1v) is 12.9. The van der Waals surface area contributed by atoms with E-state index in [0.29, 0.717) is 44.3 Å². The van der Waals surface area contributed by atoms with Gasteiger partial charge in [-0.15, -0.1) is 0 Å². The van der Waals surface area contributed by atoms with Gasteiger partial charge >= 0.3 is 13.2 Å². The smallest absolute Gasteiger partial charge is 0.447 e. The van der Waals surface area contributed by atoms with E-state index < -0.39 is 30.5 Å². The van der Waals surface area contributed by atoms with Gasteiger partial charge in [0.2, 0.25) is 0 Å². The number of ether oxygens (including phenoxy) is 2. The third-order valence-electron chi connectivity index (χ3n) is 7.66. The fourth-order valence-corrected chi connectivity index (χ4v) is 5.36. The van der Waals surface area contributed by atoms with E-state index >= 15 is 0 Å². The highest BCUT2D eigenvalue weighted by atomic mass is 19.1. The minimum atomic E-state index is -1.86. The second kappa shape index (κ2) is 11.8. The van der Waals surface area contributed by atoms with Crippen LogP contribution in [0.25, 0.3) is 0 Å². The van der Waals surface area contributed by atoms with Crippen molar-refractivity contribution in [2.24, 2.45) is 11.8 Å². The van der Waals surface area contributed by atoms with Crippen LogP contribution >= 0.6 is 0 Å². The number of nitriles is 1. The Morgan fingerprint density at radius 1 is 1.32 bits per heavy atom. The van der Waals surface area contributed by atoms with Crippen LogP contribution in [0, 0.1) is 29.0 Å². The Morgan fingerprint density at radius 3 is 2.63 bits per heavy atom. The van der Waals surface area contributed by atoms with E-state index in [1.165, 1.54) is 24.3 Å². The molecule has 0 radical (unpaired) electrons. The lowest BCUT2D eigenvalue weighted by Gasteiger charge is -2.39. The van der Waals surface area contributed by atoms with Gasteiger partial charge in [0.1, 0.15) is 24.1 Å². The molecule has 3 aliphatic rings. The number of halogens is 1. The van der Waals surface area contributed by atoms with Gasteiger partial charge in [-0.3, -0.25) is 9.69 Å². The Morgan fingerprint density at radius 2 is 2.00 bits per heavy atom. The number of hydrogen-bond donors (Lipinski definition) is 3. The van der Waals surface area contributed by atoms with Crippen molar-refractivity contribution in [1.82, 2.24) is 15.1 Å². The molecular formula is C26H34BFN4O6. The third kappa shape index (κ3) is 6.71. The summed E-state index contributed by atoms with van der Waals surface area (Å²) in [6.45, 7) is 6.97. The maximum Gasteiger partial charge on any atom is 0.475 e. The first-order valence-electron chi connectivity index (χ1n) is 12.9. The average Bonchev–Trinajstić information content (AvgIpc) is 3.58. The molecule has 204 valence electrons. The number of morpholine rings is 1. The highest BCUT2D eigenvalue weighted by Crippen LogP contribution is 2.50. The van der Waals surface area contributed by atoms with Crippen LogP contribution in [0.1, 0.15) is 25.8 Å². The lowest BCUT2D eigenvalue weighted by Crippen LogP contribution is -2.50. The van der Waals surface area contributed by atoms with Crippen molar-refractivity contribution < 1.29 is 33.5 Å². The van der Waals surface area contributed by atoms with Gasteiger partial charge in [-0.05, 0) is 62.3 Å². The number of hydrogen-bond acceptors (Lipinski definition) is 8. The molecule has 12 heteroatoms. The molecule has 0 bridgehead atoms. The number of nitrogens with one attached hydrogen (secondary N) is 1. The second-order valence-electron chi connectivity index (χ2n) is 10.7. The van der Waals surface area contributed by atoms with Crippen molar-refractivity contribution in [1.29, 1.82) is 5.26 Å². The van der Waals surface area contributed by atoms with Gasteiger partial charge < -0.3 is 29.7 Å². The number of likely N-dealkylation sites (tertiary alicyclic amines) is 1. The van der Waals surface area contributed by atoms with Crippen LogP contribution < -0.4 is 5.32 Å². The number of alkyl carbamates (subject to hydrolysis) is 1. The quantitative estimate of drug-likeness (QED) is 0.244. The molecule has 2 saturated heterocycles. The number of rotatable bonds is 9. The molecule has 1 unspecified atom stereocenters. The Bertz CT molecular complexity index is 1090. The summed E-state index contributed by atoms with van der Waals surface area (Å²) in [5.41, 5.74) is 0.151. The molecule has 4 atom stereocenters. The highest BCUT2D eigenvalue weighted by Gasteiger charge is 2.54. The van der Waals surface area contributed by atoms with Crippen molar-refractivity contribution in [3.05, 3.63) is 47.3 Å². The van der Waals surface area contributed by atoms with Crippen LogP contribution in [0.15, 0.2) is 35.9 Å². The molecule has 3 N–H and O–H groups in total. The summed E-state index contributed by atoms with van der Waals surface area (Å²) in [5.74, 6) is -1.37. The van der Waals surface area contributed by atoms with Crippen LogP contribution in [0.4, 0.5) is 9.18 Å². The first-order chi connectivity index (χ1) is 18.1. The van der Waals surface area contributed by atoms with Crippen LogP contribution in [-0.2, 0) is 20.7 Å². The molecular weight excluding hydrogens is 494 g/mol. The fraction of sp³-hybridized carbons (Fsp3) is 0.577. The summed E-state index contributed by atoms with van der Waals surface area (Å²) >= 11 is 0. The monoisotopic (exact) mass is 528 g/mol. The van der Waals surface area contributed by atoms with Crippen molar-refractivity contribution in [2.75, 3.05) is 39.5 Å². The number of fused-ring (bicyclic) bond motifs is 1. The summed E-state index contributed by atoms with van der Waals surface area (Å²) in [7, 11) is -1.86. The van der Waals surface area contributed by atoms with Gasteiger partial charge in [0, 0.05) is 25.2 Å². The predicted octanol–water partition coefficient (Wildman–Crippen LogP) is 0.883. The molecule has 10 nitrogen and oxygen atoms in total. The molecule has 0 aromatic heterocycles. The second-order valence-corrected chi connectivity index (χ2v) is 10.7. The molecule has 3 fully saturated rings. The van der Waals surface area contributed by atoms with Gasteiger partial charge in [-0.1, -0.05) is 12.1 Å². The fourth-order valence-electron chi connectivity index (χ4n) is 5.36. The van der Waals surface area contributed by atoms with Crippen LogP contribution in [0.3, 0.4) is 0 Å². The topological polar surface area (TPSA) is 135 Å². The molecule has 38 heavy (non-hydrogen) atoms. The van der Waals surface area contributed by atoms with Crippen LogP contribution in [0.5, 0.6) is 0 Å². The van der Waals surface area contributed by atoms with E-state index in [0.717, 1.165) is 6.42 Å². The van der Waals surface area contributed by atoms with Crippen molar-refractivity contribution >= 4 is 19.1 Å². The molecule has 1 saturated carbocycles. The van der Waals surface area contributed by atoms with E-state index in [9.17, 15) is 29.3 Å². The molecule has 2 amide bonds. The molecule has 4 rings (SSSR count). The number of benzene rings is 1. The molecule has 1 aliphatic carbocycles. The maximum absolute atomic E-state index is 13.4. The van der Waals surface area contributed by atoms with E-state index in [1.54, 1.807) is 11.0 Å².